The van der Waals surface area contributed by atoms with E-state index in [1.807, 2.05) is 0 Å². The van der Waals surface area contributed by atoms with E-state index in [0.717, 1.165) is 38.8 Å². The van der Waals surface area contributed by atoms with Crippen LogP contribution in [-0.4, -0.2) is 52.6 Å². The third-order valence-electron chi connectivity index (χ3n) is 12.8. The van der Waals surface area contributed by atoms with Crippen molar-refractivity contribution in [2.24, 2.45) is 52.8 Å². The summed E-state index contributed by atoms with van der Waals surface area (Å²) in [7, 11) is 0. The van der Waals surface area contributed by atoms with Gasteiger partial charge in [0.25, 0.3) is 0 Å². The Morgan fingerprint density at radius 3 is 2.66 bits per heavy atom. The van der Waals surface area contributed by atoms with E-state index in [4.69, 9.17) is 9.15 Å². The molecule has 0 amide bonds. The quantitative estimate of drug-likeness (QED) is 0.527. The molecular formula is C32H45NO5. The van der Waals surface area contributed by atoms with Crippen molar-refractivity contribution in [1.29, 1.82) is 0 Å². The molecule has 6 fully saturated rings. The van der Waals surface area contributed by atoms with Crippen LogP contribution in [0.25, 0.3) is 0 Å². The SMILES string of the molecule is C[C@@H]1CC[C@@H]2N(C1)C[C@H]1[C@@H]3C[C@H]4[C@@H](CC(=O)[C@H]5C[C@H](OC(=O)c6ccco6)CC[C@@]54C)[C@@H]3CC[C@@H]1[C@]2(C)O. The molecule has 0 aromatic carbocycles. The summed E-state index contributed by atoms with van der Waals surface area (Å²) >= 11 is 0. The molecular weight excluding hydrogens is 478 g/mol. The Labute approximate surface area is 226 Å². The Kier molecular flexibility index (Phi) is 5.94. The van der Waals surface area contributed by atoms with Crippen LogP contribution >= 0.6 is 0 Å². The van der Waals surface area contributed by atoms with Gasteiger partial charge < -0.3 is 14.3 Å². The van der Waals surface area contributed by atoms with Gasteiger partial charge in [-0.15, -0.1) is 0 Å². The molecule has 0 radical (unpaired) electrons. The maximum absolute atomic E-state index is 13.7. The van der Waals surface area contributed by atoms with Gasteiger partial charge in [0.15, 0.2) is 0 Å². The molecule has 1 N–H and O–H groups in total. The zero-order chi connectivity index (χ0) is 26.4. The summed E-state index contributed by atoms with van der Waals surface area (Å²) in [4.78, 5) is 28.9. The van der Waals surface area contributed by atoms with Crippen LogP contribution in [0, 0.1) is 52.8 Å². The predicted octanol–water partition coefficient (Wildman–Crippen LogP) is 5.34. The molecule has 0 unspecified atom stereocenters. The molecule has 6 aliphatic rings. The molecule has 4 saturated carbocycles. The van der Waals surface area contributed by atoms with E-state index < -0.39 is 11.6 Å². The van der Waals surface area contributed by atoms with E-state index in [2.05, 4.69) is 25.7 Å². The molecule has 0 bridgehead atoms. The van der Waals surface area contributed by atoms with E-state index in [0.29, 0.717) is 66.1 Å². The number of piperidine rings is 2. The second-order valence-corrected chi connectivity index (χ2v) is 14.6. The Bertz CT molecular complexity index is 1080. The summed E-state index contributed by atoms with van der Waals surface area (Å²) in [5.74, 6) is 4.10. The summed E-state index contributed by atoms with van der Waals surface area (Å²) < 4.78 is 11.0. The second kappa shape index (κ2) is 8.92. The fourth-order valence-corrected chi connectivity index (χ4v) is 11.1. The lowest BCUT2D eigenvalue weighted by atomic mass is 9.51. The molecule has 0 spiro atoms. The van der Waals surface area contributed by atoms with Crippen molar-refractivity contribution in [2.45, 2.75) is 96.3 Å². The van der Waals surface area contributed by atoms with Gasteiger partial charge in [-0.05, 0) is 117 Å². The van der Waals surface area contributed by atoms with Crippen molar-refractivity contribution in [3.63, 3.8) is 0 Å². The number of carbonyl (C=O) groups is 2. The van der Waals surface area contributed by atoms with Crippen LogP contribution < -0.4 is 0 Å². The third-order valence-corrected chi connectivity index (χ3v) is 12.8. The highest BCUT2D eigenvalue weighted by molar-refractivity contribution is 5.86. The van der Waals surface area contributed by atoms with Crippen LogP contribution in [0.15, 0.2) is 22.8 Å². The van der Waals surface area contributed by atoms with E-state index in [1.165, 1.54) is 25.5 Å². The zero-order valence-electron chi connectivity index (χ0n) is 23.3. The molecule has 12 atom stereocenters. The molecule has 2 aliphatic heterocycles. The highest BCUT2D eigenvalue weighted by Gasteiger charge is 2.64. The summed E-state index contributed by atoms with van der Waals surface area (Å²) in [6, 6.07) is 3.64. The van der Waals surface area contributed by atoms with E-state index in [1.54, 1.807) is 12.1 Å². The first kappa shape index (κ1) is 25.3. The number of carbonyl (C=O) groups excluding carboxylic acids is 2. The number of fused-ring (bicyclic) bond motifs is 8. The number of hydrogen-bond acceptors (Lipinski definition) is 6. The van der Waals surface area contributed by atoms with Crippen LogP contribution in [-0.2, 0) is 9.53 Å². The normalized spacial score (nSPS) is 50.3. The van der Waals surface area contributed by atoms with Gasteiger partial charge in [0.05, 0.1) is 11.9 Å². The molecule has 208 valence electrons. The first-order valence-electron chi connectivity index (χ1n) is 15.4. The number of ketones is 1. The number of aliphatic hydroxyl groups is 1. The first-order chi connectivity index (χ1) is 18.2. The number of furan rings is 1. The highest BCUT2D eigenvalue weighted by Crippen LogP contribution is 2.66. The van der Waals surface area contributed by atoms with Gasteiger partial charge >= 0.3 is 5.97 Å². The van der Waals surface area contributed by atoms with Crippen LogP contribution in [0.1, 0.15) is 89.1 Å². The third kappa shape index (κ3) is 3.72. The number of rotatable bonds is 2. The zero-order valence-corrected chi connectivity index (χ0v) is 23.3. The number of esters is 1. The second-order valence-electron chi connectivity index (χ2n) is 14.6. The fourth-order valence-electron chi connectivity index (χ4n) is 11.1. The molecule has 3 heterocycles. The van der Waals surface area contributed by atoms with E-state index in [9.17, 15) is 14.7 Å². The van der Waals surface area contributed by atoms with Gasteiger partial charge in [-0.3, -0.25) is 9.69 Å². The number of nitrogens with zero attached hydrogens (tertiary/aromatic N) is 1. The monoisotopic (exact) mass is 523 g/mol. The predicted molar refractivity (Wildman–Crippen MR) is 142 cm³/mol. The minimum absolute atomic E-state index is 0.0141. The van der Waals surface area contributed by atoms with Gasteiger partial charge in [0.1, 0.15) is 11.9 Å². The minimum Gasteiger partial charge on any atom is -0.457 e. The fraction of sp³-hybridized carbons (Fsp3) is 0.812. The van der Waals surface area contributed by atoms with Gasteiger partial charge in [-0.2, -0.15) is 0 Å². The topological polar surface area (TPSA) is 80.0 Å². The van der Waals surface area contributed by atoms with Crippen molar-refractivity contribution in [3.8, 4) is 0 Å². The molecule has 7 rings (SSSR count). The average molecular weight is 524 g/mol. The Balaban J connectivity index is 1.11. The Morgan fingerprint density at radius 2 is 1.87 bits per heavy atom. The standard InChI is InChI=1S/C32H45NO5/c1-18-6-9-29-32(3,36)24-8-7-20-21(23(24)17-33(29)16-18)14-25-22(20)15-27(34)26-13-19(10-11-31(25,26)2)38-30(35)28-5-4-12-37-28/h4-5,12,18-26,29,36H,6-11,13-17H2,1-3H3/t18-,19-,20-,21-,22+,23+,24+,25+,26-,29+,31-,32+/m1/s1. The van der Waals surface area contributed by atoms with E-state index in [-0.39, 0.29) is 23.2 Å². The molecule has 6 heteroatoms. The van der Waals surface area contributed by atoms with Crippen LogP contribution in [0.3, 0.4) is 0 Å². The molecule has 4 aliphatic carbocycles. The van der Waals surface area contributed by atoms with Crippen molar-refractivity contribution in [3.05, 3.63) is 24.2 Å². The number of hydrogen-bond donors (Lipinski definition) is 1. The maximum Gasteiger partial charge on any atom is 0.374 e. The van der Waals surface area contributed by atoms with Gasteiger partial charge in [-0.25, -0.2) is 4.79 Å². The van der Waals surface area contributed by atoms with Crippen LogP contribution in [0.4, 0.5) is 0 Å². The number of ether oxygens (including phenoxy) is 1. The molecule has 38 heavy (non-hydrogen) atoms. The molecule has 2 saturated heterocycles. The maximum atomic E-state index is 13.7. The van der Waals surface area contributed by atoms with Crippen LogP contribution in [0.2, 0.25) is 0 Å². The first-order valence-corrected chi connectivity index (χ1v) is 15.4. The summed E-state index contributed by atoms with van der Waals surface area (Å²) in [6.45, 7) is 9.14. The molecule has 1 aromatic heterocycles. The van der Waals surface area contributed by atoms with Gasteiger partial charge in [-0.1, -0.05) is 13.8 Å². The lowest BCUT2D eigenvalue weighted by molar-refractivity contribution is -0.175. The molecule has 6 nitrogen and oxygen atoms in total. The van der Waals surface area contributed by atoms with Crippen molar-refractivity contribution >= 4 is 11.8 Å². The lowest BCUT2D eigenvalue weighted by Crippen LogP contribution is -2.67. The summed E-state index contributed by atoms with van der Waals surface area (Å²) in [5, 5.41) is 11.9. The summed E-state index contributed by atoms with van der Waals surface area (Å²) in [5.41, 5.74) is -0.625. The van der Waals surface area contributed by atoms with Gasteiger partial charge in [0.2, 0.25) is 5.76 Å². The summed E-state index contributed by atoms with van der Waals surface area (Å²) in [6.07, 6.45) is 10.2. The highest BCUT2D eigenvalue weighted by atomic mass is 16.6. The largest absolute Gasteiger partial charge is 0.457 e. The lowest BCUT2D eigenvalue weighted by Gasteiger charge is -2.59. The Morgan fingerprint density at radius 1 is 1.03 bits per heavy atom. The van der Waals surface area contributed by atoms with E-state index >= 15 is 0 Å². The molecule has 1 aromatic rings. The van der Waals surface area contributed by atoms with Crippen molar-refractivity contribution < 1.29 is 23.8 Å². The van der Waals surface area contributed by atoms with Crippen molar-refractivity contribution in [1.82, 2.24) is 4.90 Å². The van der Waals surface area contributed by atoms with Crippen molar-refractivity contribution in [2.75, 3.05) is 13.1 Å². The Hall–Kier alpha value is -1.66. The van der Waals surface area contributed by atoms with Crippen LogP contribution in [0.5, 0.6) is 0 Å². The van der Waals surface area contributed by atoms with Gasteiger partial charge in [0, 0.05) is 31.5 Å². The smallest absolute Gasteiger partial charge is 0.374 e. The minimum atomic E-state index is -0.611. The average Bonchev–Trinajstić information content (AvgIpc) is 3.54. The number of Topliss-reactive ketones (excluding diaryl/α,β-unsaturated/α-hetero) is 1.